The van der Waals surface area contributed by atoms with Gasteiger partial charge in [0.25, 0.3) is 0 Å². The molecule has 2 aromatic rings. The Bertz CT molecular complexity index is 478. The van der Waals surface area contributed by atoms with Gasteiger partial charge in [-0.15, -0.1) is 0 Å². The molecular formula is C13H18N4. The molecule has 1 aliphatic rings. The average molecular weight is 230 g/mol. The second-order valence-corrected chi connectivity index (χ2v) is 4.92. The summed E-state index contributed by atoms with van der Waals surface area (Å²) in [6.45, 7) is 4.35. The summed E-state index contributed by atoms with van der Waals surface area (Å²) in [6.07, 6.45) is 5.33. The molecular weight excluding hydrogens is 212 g/mol. The van der Waals surface area contributed by atoms with Crippen LogP contribution in [-0.2, 0) is 5.41 Å². The van der Waals surface area contributed by atoms with Crippen molar-refractivity contribution in [1.29, 1.82) is 0 Å². The fourth-order valence-electron chi connectivity index (χ4n) is 2.85. The molecule has 0 radical (unpaired) electrons. The first-order valence-electron chi connectivity index (χ1n) is 6.36. The van der Waals surface area contributed by atoms with Gasteiger partial charge >= 0.3 is 0 Å². The molecule has 1 atom stereocenters. The molecule has 1 unspecified atom stereocenters. The number of aromatic nitrogens is 3. The second-order valence-electron chi connectivity index (χ2n) is 4.92. The topological polar surface area (TPSA) is 53.6 Å². The number of aromatic amines is 1. The fourth-order valence-corrected chi connectivity index (χ4v) is 2.85. The van der Waals surface area contributed by atoms with E-state index >= 15 is 0 Å². The molecule has 0 bridgehead atoms. The molecule has 0 aromatic carbocycles. The summed E-state index contributed by atoms with van der Waals surface area (Å²) < 4.78 is 0. The highest BCUT2D eigenvalue weighted by molar-refractivity contribution is 5.70. The Morgan fingerprint density at radius 2 is 2.41 bits per heavy atom. The third-order valence-corrected chi connectivity index (χ3v) is 3.73. The summed E-state index contributed by atoms with van der Waals surface area (Å²) in [5.41, 5.74) is 2.07. The van der Waals surface area contributed by atoms with Gasteiger partial charge in [0.1, 0.15) is 5.82 Å². The van der Waals surface area contributed by atoms with Crippen molar-refractivity contribution in [3.63, 3.8) is 0 Å². The maximum atomic E-state index is 4.68. The van der Waals surface area contributed by atoms with E-state index in [4.69, 9.17) is 0 Å². The van der Waals surface area contributed by atoms with Gasteiger partial charge in [-0.05, 0) is 31.5 Å². The van der Waals surface area contributed by atoms with Crippen LogP contribution in [0, 0.1) is 0 Å². The Balaban J connectivity index is 2.05. The van der Waals surface area contributed by atoms with Gasteiger partial charge in [-0.2, -0.15) is 0 Å². The van der Waals surface area contributed by atoms with Gasteiger partial charge in [-0.1, -0.05) is 13.3 Å². The zero-order valence-electron chi connectivity index (χ0n) is 10.2. The molecule has 1 saturated heterocycles. The largest absolute Gasteiger partial charge is 0.340 e. The van der Waals surface area contributed by atoms with Crippen LogP contribution in [0.2, 0.25) is 0 Å². The zero-order valence-corrected chi connectivity index (χ0v) is 10.2. The van der Waals surface area contributed by atoms with Crippen molar-refractivity contribution < 1.29 is 0 Å². The number of H-pyrrole nitrogens is 1. The van der Waals surface area contributed by atoms with Crippen molar-refractivity contribution in [2.45, 2.75) is 31.6 Å². The Labute approximate surface area is 101 Å². The summed E-state index contributed by atoms with van der Waals surface area (Å²) in [6, 6.07) is 3.99. The first-order chi connectivity index (χ1) is 8.34. The van der Waals surface area contributed by atoms with Crippen molar-refractivity contribution in [2.75, 3.05) is 13.1 Å². The lowest BCUT2D eigenvalue weighted by atomic mass is 9.82. The summed E-state index contributed by atoms with van der Waals surface area (Å²) in [5, 5.41) is 3.46. The lowest BCUT2D eigenvalue weighted by Gasteiger charge is -2.25. The number of nitrogens with zero attached hydrogens (tertiary/aromatic N) is 2. The van der Waals surface area contributed by atoms with Crippen LogP contribution >= 0.6 is 0 Å². The minimum absolute atomic E-state index is 0.190. The molecule has 1 aliphatic heterocycles. The summed E-state index contributed by atoms with van der Waals surface area (Å²) in [5.74, 6) is 1.11. The Morgan fingerprint density at radius 3 is 3.12 bits per heavy atom. The molecule has 0 amide bonds. The van der Waals surface area contributed by atoms with E-state index in [1.807, 2.05) is 12.1 Å². The number of hydrogen-bond acceptors (Lipinski definition) is 3. The van der Waals surface area contributed by atoms with Crippen molar-refractivity contribution in [2.24, 2.45) is 0 Å². The van der Waals surface area contributed by atoms with Crippen LogP contribution in [0.25, 0.3) is 11.2 Å². The molecule has 3 rings (SSSR count). The van der Waals surface area contributed by atoms with E-state index in [0.717, 1.165) is 30.1 Å². The third-order valence-electron chi connectivity index (χ3n) is 3.73. The normalized spacial score (nSPS) is 24.5. The second kappa shape index (κ2) is 4.11. The van der Waals surface area contributed by atoms with Gasteiger partial charge < -0.3 is 10.3 Å². The number of rotatable bonds is 3. The van der Waals surface area contributed by atoms with Crippen molar-refractivity contribution in [3.05, 3.63) is 24.2 Å². The molecule has 2 N–H and O–H groups in total. The molecule has 3 heterocycles. The maximum absolute atomic E-state index is 4.68. The van der Waals surface area contributed by atoms with E-state index in [0.29, 0.717) is 0 Å². The first-order valence-corrected chi connectivity index (χ1v) is 6.36. The molecule has 4 heteroatoms. The SMILES string of the molecule is CCCC1(c2nc3ncccc3[nH]2)CCNC1. The van der Waals surface area contributed by atoms with Gasteiger partial charge in [0.05, 0.1) is 5.52 Å². The van der Waals surface area contributed by atoms with Gasteiger partial charge in [0.15, 0.2) is 5.65 Å². The van der Waals surface area contributed by atoms with Crippen LogP contribution in [0.15, 0.2) is 18.3 Å². The molecule has 90 valence electrons. The van der Waals surface area contributed by atoms with Crippen LogP contribution in [0.4, 0.5) is 0 Å². The van der Waals surface area contributed by atoms with Crippen LogP contribution in [0.1, 0.15) is 32.0 Å². The van der Waals surface area contributed by atoms with E-state index < -0.39 is 0 Å². The third kappa shape index (κ3) is 1.72. The maximum Gasteiger partial charge on any atom is 0.177 e. The lowest BCUT2D eigenvalue weighted by molar-refractivity contribution is 0.406. The number of hydrogen-bond donors (Lipinski definition) is 2. The van der Waals surface area contributed by atoms with Gasteiger partial charge in [-0.3, -0.25) is 0 Å². The monoisotopic (exact) mass is 230 g/mol. The minimum Gasteiger partial charge on any atom is -0.340 e. The quantitative estimate of drug-likeness (QED) is 0.847. The zero-order chi connectivity index (χ0) is 11.7. The van der Waals surface area contributed by atoms with E-state index in [1.165, 1.54) is 19.3 Å². The molecule has 17 heavy (non-hydrogen) atoms. The molecule has 0 aliphatic carbocycles. The van der Waals surface area contributed by atoms with Crippen LogP contribution < -0.4 is 5.32 Å². The van der Waals surface area contributed by atoms with E-state index in [9.17, 15) is 0 Å². The fraction of sp³-hybridized carbons (Fsp3) is 0.538. The lowest BCUT2D eigenvalue weighted by Crippen LogP contribution is -2.30. The highest BCUT2D eigenvalue weighted by Gasteiger charge is 2.37. The molecule has 1 fully saturated rings. The van der Waals surface area contributed by atoms with Crippen LogP contribution in [0.5, 0.6) is 0 Å². The highest BCUT2D eigenvalue weighted by Crippen LogP contribution is 2.34. The average Bonchev–Trinajstić information content (AvgIpc) is 2.95. The predicted octanol–water partition coefficient (Wildman–Crippen LogP) is 1.99. The summed E-state index contributed by atoms with van der Waals surface area (Å²) in [7, 11) is 0. The first kappa shape index (κ1) is 10.7. The Kier molecular flexibility index (Phi) is 2.59. The number of pyridine rings is 1. The van der Waals surface area contributed by atoms with Gasteiger partial charge in [0, 0.05) is 18.2 Å². The minimum atomic E-state index is 0.190. The van der Waals surface area contributed by atoms with Crippen LogP contribution in [-0.4, -0.2) is 28.0 Å². The number of imidazole rings is 1. The van der Waals surface area contributed by atoms with Gasteiger partial charge in [-0.25, -0.2) is 9.97 Å². The summed E-state index contributed by atoms with van der Waals surface area (Å²) in [4.78, 5) is 12.4. The Hall–Kier alpha value is -1.42. The highest BCUT2D eigenvalue weighted by atomic mass is 15.0. The predicted molar refractivity (Wildman–Crippen MR) is 68.0 cm³/mol. The Morgan fingerprint density at radius 1 is 1.47 bits per heavy atom. The van der Waals surface area contributed by atoms with E-state index in [-0.39, 0.29) is 5.41 Å². The van der Waals surface area contributed by atoms with Crippen molar-refractivity contribution in [3.8, 4) is 0 Å². The van der Waals surface area contributed by atoms with E-state index in [2.05, 4.69) is 27.2 Å². The standard InChI is InChI=1S/C13H18N4/c1-2-5-13(6-8-14-9-13)12-16-10-4-3-7-15-11(10)17-12/h3-4,7,14H,2,5-6,8-9H2,1H3,(H,15,16,17). The number of nitrogens with one attached hydrogen (secondary N) is 2. The molecule has 0 spiro atoms. The molecule has 4 nitrogen and oxygen atoms in total. The van der Waals surface area contributed by atoms with Crippen molar-refractivity contribution in [1.82, 2.24) is 20.3 Å². The van der Waals surface area contributed by atoms with Crippen molar-refractivity contribution >= 4 is 11.2 Å². The van der Waals surface area contributed by atoms with Gasteiger partial charge in [0.2, 0.25) is 0 Å². The number of fused-ring (bicyclic) bond motifs is 1. The van der Waals surface area contributed by atoms with E-state index in [1.54, 1.807) is 6.20 Å². The summed E-state index contributed by atoms with van der Waals surface area (Å²) >= 11 is 0. The van der Waals surface area contributed by atoms with Crippen LogP contribution in [0.3, 0.4) is 0 Å². The molecule has 0 saturated carbocycles. The molecule has 2 aromatic heterocycles. The smallest absolute Gasteiger partial charge is 0.177 e.